The number of benzene rings is 1. The number of nitrogens with one attached hydrogen (secondary N) is 2. The van der Waals surface area contributed by atoms with E-state index >= 15 is 0 Å². The van der Waals surface area contributed by atoms with E-state index in [0.29, 0.717) is 6.08 Å². The van der Waals surface area contributed by atoms with Crippen LogP contribution in [0.15, 0.2) is 36.4 Å². The lowest BCUT2D eigenvalue weighted by Crippen LogP contribution is -2.38. The Kier molecular flexibility index (Phi) is 5.28. The molecule has 0 aliphatic heterocycles. The first-order chi connectivity index (χ1) is 8.99. The number of aliphatic carboxylic acids is 1. The highest BCUT2D eigenvalue weighted by molar-refractivity contribution is 6.02. The van der Waals surface area contributed by atoms with Crippen LogP contribution in [-0.2, 0) is 16.1 Å². The summed E-state index contributed by atoms with van der Waals surface area (Å²) in [5.74, 6) is -2.04. The first-order valence-corrected chi connectivity index (χ1v) is 5.53. The van der Waals surface area contributed by atoms with E-state index in [1.54, 1.807) is 0 Å². The van der Waals surface area contributed by atoms with Gasteiger partial charge in [-0.1, -0.05) is 24.3 Å². The van der Waals surface area contributed by atoms with Gasteiger partial charge in [0.2, 0.25) is 0 Å². The van der Waals surface area contributed by atoms with Gasteiger partial charge in [-0.2, -0.15) is 0 Å². The molecule has 0 bridgehead atoms. The maximum atomic E-state index is 11.4. The van der Waals surface area contributed by atoms with Crippen molar-refractivity contribution in [1.29, 1.82) is 0 Å². The summed E-state index contributed by atoms with van der Waals surface area (Å²) in [6.07, 6.45) is 1.43. The van der Waals surface area contributed by atoms with E-state index in [9.17, 15) is 14.4 Å². The summed E-state index contributed by atoms with van der Waals surface area (Å²) < 4.78 is 0. The normalized spacial score (nSPS) is 10.2. The Morgan fingerprint density at radius 1 is 1.21 bits per heavy atom. The average molecular weight is 262 g/mol. The highest BCUT2D eigenvalue weighted by Crippen LogP contribution is 2.05. The molecular formula is C13H14N2O4. The predicted molar refractivity (Wildman–Crippen MR) is 68.3 cm³/mol. The van der Waals surface area contributed by atoms with Crippen molar-refractivity contribution in [3.8, 4) is 0 Å². The van der Waals surface area contributed by atoms with Crippen LogP contribution in [0.5, 0.6) is 0 Å². The van der Waals surface area contributed by atoms with Crippen molar-refractivity contribution in [2.24, 2.45) is 0 Å². The number of urea groups is 1. The zero-order valence-electron chi connectivity index (χ0n) is 10.3. The van der Waals surface area contributed by atoms with E-state index in [-0.39, 0.29) is 6.54 Å². The summed E-state index contributed by atoms with van der Waals surface area (Å²) in [5, 5.41) is 12.8. The lowest BCUT2D eigenvalue weighted by Gasteiger charge is -2.07. The molecule has 0 saturated heterocycles. The van der Waals surface area contributed by atoms with E-state index in [1.807, 2.05) is 36.5 Å². The fraction of sp³-hybridized carbons (Fsp3) is 0.154. The zero-order chi connectivity index (χ0) is 14.3. The Morgan fingerprint density at radius 2 is 1.89 bits per heavy atom. The smallest absolute Gasteiger partial charge is 0.328 e. The fourth-order valence-electron chi connectivity index (χ4n) is 1.33. The van der Waals surface area contributed by atoms with Crippen molar-refractivity contribution in [2.75, 3.05) is 0 Å². The lowest BCUT2D eigenvalue weighted by atomic mass is 10.1. The zero-order valence-corrected chi connectivity index (χ0v) is 10.3. The molecule has 1 rings (SSSR count). The first-order valence-electron chi connectivity index (χ1n) is 5.53. The van der Waals surface area contributed by atoms with E-state index in [1.165, 1.54) is 0 Å². The average Bonchev–Trinajstić information content (AvgIpc) is 2.35. The summed E-state index contributed by atoms with van der Waals surface area (Å²) in [4.78, 5) is 32.6. The van der Waals surface area contributed by atoms with Gasteiger partial charge < -0.3 is 10.4 Å². The Balaban J connectivity index is 2.42. The molecular weight excluding hydrogens is 248 g/mol. The minimum atomic E-state index is -1.25. The molecule has 0 heterocycles. The van der Waals surface area contributed by atoms with Gasteiger partial charge in [-0.05, 0) is 18.1 Å². The SMILES string of the molecule is Cc1ccccc1CNC(=O)NC(=O)C=CC(=O)O. The predicted octanol–water partition coefficient (Wildman–Crippen LogP) is 0.962. The van der Waals surface area contributed by atoms with Crippen molar-refractivity contribution in [3.63, 3.8) is 0 Å². The molecule has 3 amide bonds. The number of amides is 3. The molecule has 100 valence electrons. The molecule has 0 saturated carbocycles. The van der Waals surface area contributed by atoms with Crippen LogP contribution in [0.2, 0.25) is 0 Å². The molecule has 1 aromatic rings. The van der Waals surface area contributed by atoms with Crippen LogP contribution in [-0.4, -0.2) is 23.0 Å². The van der Waals surface area contributed by atoms with Crippen LogP contribution in [0.4, 0.5) is 4.79 Å². The van der Waals surface area contributed by atoms with Gasteiger partial charge in [-0.15, -0.1) is 0 Å². The van der Waals surface area contributed by atoms with Crippen molar-refractivity contribution in [1.82, 2.24) is 10.6 Å². The van der Waals surface area contributed by atoms with Crippen LogP contribution < -0.4 is 10.6 Å². The summed E-state index contributed by atoms with van der Waals surface area (Å²) in [7, 11) is 0. The minimum Gasteiger partial charge on any atom is -0.478 e. The number of imide groups is 1. The van der Waals surface area contributed by atoms with Gasteiger partial charge in [0.1, 0.15) is 0 Å². The molecule has 0 unspecified atom stereocenters. The highest BCUT2D eigenvalue weighted by atomic mass is 16.4. The van der Waals surface area contributed by atoms with Gasteiger partial charge in [-0.25, -0.2) is 9.59 Å². The lowest BCUT2D eigenvalue weighted by molar-refractivity contribution is -0.131. The van der Waals surface area contributed by atoms with E-state index in [0.717, 1.165) is 17.2 Å². The number of carbonyl (C=O) groups is 3. The number of carbonyl (C=O) groups excluding carboxylic acids is 2. The molecule has 6 heteroatoms. The molecule has 0 aliphatic rings. The molecule has 0 aromatic heterocycles. The molecule has 1 aromatic carbocycles. The Morgan fingerprint density at radius 3 is 2.53 bits per heavy atom. The minimum absolute atomic E-state index is 0.286. The largest absolute Gasteiger partial charge is 0.478 e. The Hall–Kier alpha value is -2.63. The molecule has 19 heavy (non-hydrogen) atoms. The molecule has 0 atom stereocenters. The number of aryl methyl sites for hydroxylation is 1. The molecule has 0 fully saturated rings. The van der Waals surface area contributed by atoms with Gasteiger partial charge in [0, 0.05) is 18.7 Å². The van der Waals surface area contributed by atoms with E-state index < -0.39 is 17.9 Å². The third-order valence-corrected chi connectivity index (χ3v) is 2.31. The molecule has 6 nitrogen and oxygen atoms in total. The number of rotatable bonds is 4. The third kappa shape index (κ3) is 5.49. The highest BCUT2D eigenvalue weighted by Gasteiger charge is 2.05. The van der Waals surface area contributed by atoms with Crippen LogP contribution in [0.3, 0.4) is 0 Å². The van der Waals surface area contributed by atoms with Crippen molar-refractivity contribution < 1.29 is 19.5 Å². The van der Waals surface area contributed by atoms with Crippen LogP contribution >= 0.6 is 0 Å². The quantitative estimate of drug-likeness (QED) is 0.704. The Labute approximate surface area is 110 Å². The van der Waals surface area contributed by atoms with Crippen molar-refractivity contribution >= 4 is 17.9 Å². The summed E-state index contributed by atoms with van der Waals surface area (Å²) in [6.45, 7) is 2.20. The number of carboxylic acids is 1. The third-order valence-electron chi connectivity index (χ3n) is 2.31. The molecule has 3 N–H and O–H groups in total. The van der Waals surface area contributed by atoms with Crippen LogP contribution in [0.25, 0.3) is 0 Å². The monoisotopic (exact) mass is 262 g/mol. The van der Waals surface area contributed by atoms with Crippen molar-refractivity contribution in [2.45, 2.75) is 13.5 Å². The van der Waals surface area contributed by atoms with Gasteiger partial charge in [0.15, 0.2) is 0 Å². The Bertz CT molecular complexity index is 523. The van der Waals surface area contributed by atoms with Gasteiger partial charge in [-0.3, -0.25) is 10.1 Å². The topological polar surface area (TPSA) is 95.5 Å². The number of hydrogen-bond donors (Lipinski definition) is 3. The summed E-state index contributed by atoms with van der Waals surface area (Å²) in [6, 6.07) is 6.84. The maximum absolute atomic E-state index is 11.4. The van der Waals surface area contributed by atoms with E-state index in [4.69, 9.17) is 5.11 Å². The first kappa shape index (κ1) is 14.4. The second-order valence-electron chi connectivity index (χ2n) is 3.77. The standard InChI is InChI=1S/C13H14N2O4/c1-9-4-2-3-5-10(9)8-14-13(19)15-11(16)6-7-12(17)18/h2-7H,8H2,1H3,(H,17,18)(H2,14,15,16,19). The maximum Gasteiger partial charge on any atom is 0.328 e. The van der Waals surface area contributed by atoms with Crippen molar-refractivity contribution in [3.05, 3.63) is 47.5 Å². The fourth-order valence-corrected chi connectivity index (χ4v) is 1.33. The van der Waals surface area contributed by atoms with Gasteiger partial charge in [0.05, 0.1) is 0 Å². The summed E-state index contributed by atoms with van der Waals surface area (Å²) >= 11 is 0. The van der Waals surface area contributed by atoms with Crippen LogP contribution in [0.1, 0.15) is 11.1 Å². The van der Waals surface area contributed by atoms with Gasteiger partial charge >= 0.3 is 12.0 Å². The summed E-state index contributed by atoms with van der Waals surface area (Å²) in [5.41, 5.74) is 1.96. The van der Waals surface area contributed by atoms with Gasteiger partial charge in [0.25, 0.3) is 5.91 Å². The van der Waals surface area contributed by atoms with Crippen LogP contribution in [0, 0.1) is 6.92 Å². The molecule has 0 radical (unpaired) electrons. The number of carboxylic acid groups (broad SMARTS) is 1. The second kappa shape index (κ2) is 6.95. The number of hydrogen-bond acceptors (Lipinski definition) is 3. The molecule has 0 aliphatic carbocycles. The van der Waals surface area contributed by atoms with E-state index in [2.05, 4.69) is 5.32 Å². The molecule has 0 spiro atoms. The second-order valence-corrected chi connectivity index (χ2v) is 3.77.